The van der Waals surface area contributed by atoms with Gasteiger partial charge in [0.15, 0.2) is 0 Å². The Morgan fingerprint density at radius 1 is 1.35 bits per heavy atom. The Bertz CT molecular complexity index is 690. The Kier molecular flexibility index (Phi) is 3.49. The standard InChI is InChI=1S/C17H22N4O2/c1-16(2)9-21(15(20-16)19-10-18)13-11-7-5-6-8-12(11)23-17(3,4)14(13)22/h5-8,13-14,22H,9H2,1-4H3,(H,19,20). The number of para-hydroxylation sites is 1. The van der Waals surface area contributed by atoms with Gasteiger partial charge in [0.25, 0.3) is 0 Å². The second-order valence-corrected chi connectivity index (χ2v) is 7.31. The van der Waals surface area contributed by atoms with E-state index < -0.39 is 11.7 Å². The molecule has 6 heteroatoms. The molecule has 6 nitrogen and oxygen atoms in total. The van der Waals surface area contributed by atoms with Gasteiger partial charge < -0.3 is 20.1 Å². The van der Waals surface area contributed by atoms with Crippen LogP contribution in [0.3, 0.4) is 0 Å². The molecule has 2 N–H and O–H groups in total. The molecule has 2 aliphatic heterocycles. The van der Waals surface area contributed by atoms with Crippen LogP contribution in [0.25, 0.3) is 0 Å². The number of nitrogens with zero attached hydrogens (tertiary/aromatic N) is 3. The zero-order valence-electron chi connectivity index (χ0n) is 13.9. The Morgan fingerprint density at radius 2 is 2.04 bits per heavy atom. The van der Waals surface area contributed by atoms with Crippen LogP contribution in [0.4, 0.5) is 0 Å². The Labute approximate surface area is 136 Å². The van der Waals surface area contributed by atoms with Crippen LogP contribution in [0.15, 0.2) is 29.3 Å². The fourth-order valence-electron chi connectivity index (χ4n) is 3.33. The van der Waals surface area contributed by atoms with Crippen molar-refractivity contribution in [3.05, 3.63) is 29.8 Å². The number of hydrogen-bond acceptors (Lipinski definition) is 4. The van der Waals surface area contributed by atoms with Gasteiger partial charge in [-0.05, 0) is 33.8 Å². The molecule has 1 aromatic carbocycles. The summed E-state index contributed by atoms with van der Waals surface area (Å²) in [7, 11) is 0. The molecule has 0 saturated carbocycles. The maximum absolute atomic E-state index is 10.9. The van der Waals surface area contributed by atoms with Crippen molar-refractivity contribution < 1.29 is 9.84 Å². The van der Waals surface area contributed by atoms with Crippen molar-refractivity contribution in [2.45, 2.75) is 51.0 Å². The number of guanidine groups is 1. The third kappa shape index (κ3) is 2.62. The first-order valence-corrected chi connectivity index (χ1v) is 7.73. The minimum absolute atomic E-state index is 0.229. The number of benzene rings is 1. The summed E-state index contributed by atoms with van der Waals surface area (Å²) in [6, 6.07) is 7.38. The van der Waals surface area contributed by atoms with Crippen LogP contribution < -0.4 is 10.1 Å². The number of aliphatic hydroxyl groups is 1. The maximum atomic E-state index is 10.9. The first kappa shape index (κ1) is 15.6. The number of nitriles is 1. The minimum Gasteiger partial charge on any atom is -0.485 e. The molecule has 0 bridgehead atoms. The van der Waals surface area contributed by atoms with Crippen molar-refractivity contribution in [3.8, 4) is 11.9 Å². The van der Waals surface area contributed by atoms with Gasteiger partial charge in [-0.2, -0.15) is 5.26 Å². The summed E-state index contributed by atoms with van der Waals surface area (Å²) in [4.78, 5) is 5.89. The summed E-state index contributed by atoms with van der Waals surface area (Å²) in [5, 5.41) is 23.2. The largest absolute Gasteiger partial charge is 0.485 e. The highest BCUT2D eigenvalue weighted by atomic mass is 16.5. The molecule has 0 aliphatic carbocycles. The van der Waals surface area contributed by atoms with E-state index in [0.29, 0.717) is 12.5 Å². The lowest BCUT2D eigenvalue weighted by Crippen LogP contribution is -2.54. The molecule has 1 fully saturated rings. The Morgan fingerprint density at radius 3 is 2.74 bits per heavy atom. The van der Waals surface area contributed by atoms with Gasteiger partial charge in [0.1, 0.15) is 17.5 Å². The summed E-state index contributed by atoms with van der Waals surface area (Å²) < 4.78 is 5.97. The average molecular weight is 314 g/mol. The highest BCUT2D eigenvalue weighted by molar-refractivity contribution is 5.84. The second-order valence-electron chi connectivity index (χ2n) is 7.31. The number of fused-ring (bicyclic) bond motifs is 1. The summed E-state index contributed by atoms with van der Waals surface area (Å²) in [6.07, 6.45) is 1.09. The van der Waals surface area contributed by atoms with Gasteiger partial charge in [0.2, 0.25) is 12.2 Å². The summed E-state index contributed by atoms with van der Waals surface area (Å²) >= 11 is 0. The molecular weight excluding hydrogens is 292 g/mol. The smallest absolute Gasteiger partial charge is 0.211 e. The number of hydrogen-bond donors (Lipinski definition) is 2. The van der Waals surface area contributed by atoms with Crippen LogP contribution in [0.1, 0.15) is 39.3 Å². The zero-order valence-corrected chi connectivity index (χ0v) is 13.9. The van der Waals surface area contributed by atoms with Gasteiger partial charge in [-0.25, -0.2) is 0 Å². The van der Waals surface area contributed by atoms with Gasteiger partial charge in [-0.1, -0.05) is 18.2 Å². The maximum Gasteiger partial charge on any atom is 0.211 e. The lowest BCUT2D eigenvalue weighted by atomic mass is 9.85. The molecule has 1 saturated heterocycles. The molecule has 23 heavy (non-hydrogen) atoms. The van der Waals surface area contributed by atoms with E-state index in [1.54, 1.807) is 0 Å². The number of nitrogens with one attached hydrogen (secondary N) is 1. The van der Waals surface area contributed by atoms with Crippen molar-refractivity contribution in [1.29, 1.82) is 5.26 Å². The number of aliphatic imine (C=N–C) groups is 1. The van der Waals surface area contributed by atoms with Crippen LogP contribution in [0.5, 0.6) is 5.75 Å². The number of ether oxygens (including phenoxy) is 1. The van der Waals surface area contributed by atoms with Crippen LogP contribution in [-0.4, -0.2) is 39.8 Å². The lowest BCUT2D eigenvalue weighted by Gasteiger charge is -2.45. The van der Waals surface area contributed by atoms with Gasteiger partial charge in [-0.3, -0.25) is 0 Å². The van der Waals surface area contributed by atoms with Crippen LogP contribution >= 0.6 is 0 Å². The average Bonchev–Trinajstić information content (AvgIpc) is 2.75. The Hall–Kier alpha value is -2.26. The molecule has 0 aromatic heterocycles. The van der Waals surface area contributed by atoms with Crippen molar-refractivity contribution in [2.24, 2.45) is 4.99 Å². The first-order valence-electron chi connectivity index (χ1n) is 7.73. The number of aliphatic hydroxyl groups excluding tert-OH is 1. The lowest BCUT2D eigenvalue weighted by molar-refractivity contribution is -0.0810. The van der Waals surface area contributed by atoms with Gasteiger partial charge in [0, 0.05) is 12.1 Å². The molecule has 0 spiro atoms. The zero-order chi connectivity index (χ0) is 16.8. The third-order valence-corrected chi connectivity index (χ3v) is 4.40. The molecule has 122 valence electrons. The molecule has 2 unspecified atom stereocenters. The van der Waals surface area contributed by atoms with Crippen molar-refractivity contribution in [1.82, 2.24) is 10.2 Å². The summed E-state index contributed by atoms with van der Waals surface area (Å²) in [5.41, 5.74) is -0.0551. The van der Waals surface area contributed by atoms with E-state index in [4.69, 9.17) is 10.00 Å². The minimum atomic E-state index is -0.753. The highest BCUT2D eigenvalue weighted by Crippen LogP contribution is 2.44. The van der Waals surface area contributed by atoms with E-state index in [1.165, 1.54) is 0 Å². The SMILES string of the molecule is CC1(C)CN(C2c3ccccc3OC(C)(C)C2O)C(=NC#N)N1. The monoisotopic (exact) mass is 314 g/mol. The van der Waals surface area contributed by atoms with Crippen LogP contribution in [0.2, 0.25) is 0 Å². The van der Waals surface area contributed by atoms with Gasteiger partial charge in [0.05, 0.1) is 11.6 Å². The molecule has 1 aromatic rings. The van der Waals surface area contributed by atoms with Crippen molar-refractivity contribution >= 4 is 5.96 Å². The van der Waals surface area contributed by atoms with Gasteiger partial charge >= 0.3 is 0 Å². The van der Waals surface area contributed by atoms with Crippen molar-refractivity contribution in [3.63, 3.8) is 0 Å². The van der Waals surface area contributed by atoms with E-state index in [1.807, 2.05) is 63.1 Å². The quantitative estimate of drug-likeness (QED) is 0.772. The third-order valence-electron chi connectivity index (χ3n) is 4.40. The molecule has 3 rings (SSSR count). The van der Waals surface area contributed by atoms with Crippen LogP contribution in [-0.2, 0) is 0 Å². The fourth-order valence-corrected chi connectivity index (χ4v) is 3.33. The van der Waals surface area contributed by atoms with E-state index in [2.05, 4.69) is 10.3 Å². The van der Waals surface area contributed by atoms with E-state index in [-0.39, 0.29) is 11.6 Å². The topological polar surface area (TPSA) is 80.9 Å². The normalized spacial score (nSPS) is 29.4. The molecule has 0 radical (unpaired) electrons. The second kappa shape index (κ2) is 5.14. The molecule has 2 atom stereocenters. The molecular formula is C17H22N4O2. The fraction of sp³-hybridized carbons (Fsp3) is 0.529. The van der Waals surface area contributed by atoms with Gasteiger partial charge in [-0.15, -0.1) is 4.99 Å². The highest BCUT2D eigenvalue weighted by Gasteiger charge is 2.49. The molecule has 2 aliphatic rings. The van der Waals surface area contributed by atoms with Crippen LogP contribution in [0, 0.1) is 11.5 Å². The van der Waals surface area contributed by atoms with Crippen molar-refractivity contribution in [2.75, 3.05) is 6.54 Å². The molecule has 2 heterocycles. The predicted octanol–water partition coefficient (Wildman–Crippen LogP) is 1.78. The van der Waals surface area contributed by atoms with E-state index in [9.17, 15) is 5.11 Å². The predicted molar refractivity (Wildman–Crippen MR) is 86.9 cm³/mol. The summed E-state index contributed by atoms with van der Waals surface area (Å²) in [6.45, 7) is 8.47. The number of rotatable bonds is 1. The van der Waals surface area contributed by atoms with E-state index in [0.717, 1.165) is 11.3 Å². The van der Waals surface area contributed by atoms with E-state index >= 15 is 0 Å². The summed E-state index contributed by atoms with van der Waals surface area (Å²) in [5.74, 6) is 1.25. The Balaban J connectivity index is 2.10. The first-order chi connectivity index (χ1) is 10.7. The molecule has 0 amide bonds.